The van der Waals surface area contributed by atoms with E-state index in [4.69, 9.17) is 9.15 Å². The number of benzene rings is 1. The molecule has 3 rings (SSSR count). The fourth-order valence-corrected chi connectivity index (χ4v) is 3.77. The van der Waals surface area contributed by atoms with Crippen LogP contribution in [0.1, 0.15) is 17.3 Å². The minimum absolute atomic E-state index is 0.243. The van der Waals surface area contributed by atoms with Crippen molar-refractivity contribution in [2.24, 2.45) is 0 Å². The summed E-state index contributed by atoms with van der Waals surface area (Å²) in [7, 11) is -1.59. The minimum Gasteiger partial charge on any atom is -0.462 e. The van der Waals surface area contributed by atoms with E-state index in [-0.39, 0.29) is 18.0 Å². The van der Waals surface area contributed by atoms with Crippen molar-refractivity contribution in [1.82, 2.24) is 4.98 Å². The Bertz CT molecular complexity index is 963. The molecule has 0 unspecified atom stereocenters. The van der Waals surface area contributed by atoms with E-state index in [2.05, 4.69) is 29.9 Å². The van der Waals surface area contributed by atoms with Gasteiger partial charge in [-0.25, -0.2) is 9.18 Å². The number of anilines is 2. The Morgan fingerprint density at radius 2 is 2.04 bits per heavy atom. The minimum atomic E-state index is -1.59. The maximum atomic E-state index is 14.5. The third kappa shape index (κ3) is 3.48. The number of rotatable bonds is 5. The van der Waals surface area contributed by atoms with Gasteiger partial charge in [-0.05, 0) is 19.1 Å². The zero-order valence-corrected chi connectivity index (χ0v) is 16.2. The molecule has 26 heavy (non-hydrogen) atoms. The molecule has 1 aromatic carbocycles. The van der Waals surface area contributed by atoms with Crippen molar-refractivity contribution in [2.45, 2.75) is 26.6 Å². The molecule has 0 aliphatic carbocycles. The van der Waals surface area contributed by atoms with Crippen LogP contribution in [0.5, 0.6) is 0 Å². The van der Waals surface area contributed by atoms with E-state index in [9.17, 15) is 9.18 Å². The Morgan fingerprint density at radius 1 is 1.27 bits per heavy atom. The summed E-state index contributed by atoms with van der Waals surface area (Å²) in [5, 5.41) is 4.66. The number of nitrogens with one attached hydrogen (secondary N) is 1. The number of pyridine rings is 1. The zero-order valence-electron chi connectivity index (χ0n) is 15.2. The number of fused-ring (bicyclic) bond motifs is 1. The van der Waals surface area contributed by atoms with Crippen LogP contribution < -0.4 is 10.5 Å². The second-order valence-electron chi connectivity index (χ2n) is 7.00. The number of furan rings is 1. The topological polar surface area (TPSA) is 64.4 Å². The molecule has 0 bridgehead atoms. The smallest absolute Gasteiger partial charge is 0.343 e. The molecule has 0 fully saturated rings. The van der Waals surface area contributed by atoms with Gasteiger partial charge in [-0.1, -0.05) is 30.9 Å². The van der Waals surface area contributed by atoms with Crippen LogP contribution in [0.4, 0.5) is 15.8 Å². The molecule has 0 spiro atoms. The molecule has 2 aromatic heterocycles. The summed E-state index contributed by atoms with van der Waals surface area (Å²) in [5.41, 5.74) is 1.49. The van der Waals surface area contributed by atoms with Gasteiger partial charge in [-0.2, -0.15) is 0 Å². The highest BCUT2D eigenvalue weighted by Crippen LogP contribution is 2.31. The Hall–Kier alpha value is -2.67. The summed E-state index contributed by atoms with van der Waals surface area (Å²) in [6, 6.07) is 5.26. The number of carbonyl (C=O) groups excluding carboxylic acids is 1. The fourth-order valence-electron chi connectivity index (χ4n) is 2.63. The Labute approximate surface area is 152 Å². The normalized spacial score (nSPS) is 11.6. The van der Waals surface area contributed by atoms with Crippen molar-refractivity contribution in [3.63, 3.8) is 0 Å². The number of hydrogen-bond acceptors (Lipinski definition) is 5. The summed E-state index contributed by atoms with van der Waals surface area (Å²) < 4.78 is 25.1. The number of nitrogens with zero attached hydrogens (tertiary/aromatic N) is 1. The van der Waals surface area contributed by atoms with Gasteiger partial charge in [0.1, 0.15) is 17.6 Å². The van der Waals surface area contributed by atoms with E-state index in [0.717, 1.165) is 5.19 Å². The van der Waals surface area contributed by atoms with E-state index in [1.807, 2.05) is 6.07 Å². The molecule has 2 heterocycles. The predicted octanol–water partition coefficient (Wildman–Crippen LogP) is 4.43. The van der Waals surface area contributed by atoms with Gasteiger partial charge in [0.2, 0.25) is 0 Å². The molecule has 0 atom stereocenters. The highest BCUT2D eigenvalue weighted by molar-refractivity contribution is 6.88. The van der Waals surface area contributed by atoms with Crippen LogP contribution in [-0.2, 0) is 4.74 Å². The van der Waals surface area contributed by atoms with Gasteiger partial charge in [0.25, 0.3) is 0 Å². The van der Waals surface area contributed by atoms with Crippen LogP contribution in [0.25, 0.3) is 11.0 Å². The van der Waals surface area contributed by atoms with E-state index >= 15 is 0 Å². The summed E-state index contributed by atoms with van der Waals surface area (Å²) in [5.74, 6) is -0.828. The average Bonchev–Trinajstić information content (AvgIpc) is 2.99. The molecule has 0 saturated heterocycles. The van der Waals surface area contributed by atoms with Crippen LogP contribution in [0.3, 0.4) is 0 Å². The molecule has 5 nitrogen and oxygen atoms in total. The molecule has 3 aromatic rings. The van der Waals surface area contributed by atoms with Gasteiger partial charge in [0.05, 0.1) is 31.4 Å². The van der Waals surface area contributed by atoms with E-state index in [1.54, 1.807) is 25.3 Å². The Balaban J connectivity index is 1.95. The molecule has 0 saturated carbocycles. The number of esters is 1. The third-order valence-electron chi connectivity index (χ3n) is 4.08. The molecule has 0 aliphatic heterocycles. The molecular weight excluding hydrogens is 351 g/mol. The highest BCUT2D eigenvalue weighted by atomic mass is 28.3. The van der Waals surface area contributed by atoms with E-state index in [1.165, 1.54) is 12.5 Å². The highest BCUT2D eigenvalue weighted by Gasteiger charge is 2.20. The van der Waals surface area contributed by atoms with Crippen LogP contribution in [0.15, 0.2) is 41.3 Å². The second-order valence-corrected chi connectivity index (χ2v) is 12.1. The predicted molar refractivity (Wildman–Crippen MR) is 103 cm³/mol. The third-order valence-corrected chi connectivity index (χ3v) is 6.12. The van der Waals surface area contributed by atoms with Gasteiger partial charge >= 0.3 is 5.97 Å². The average molecular weight is 372 g/mol. The lowest BCUT2D eigenvalue weighted by Gasteiger charge is -2.17. The molecule has 0 aliphatic rings. The van der Waals surface area contributed by atoms with Crippen molar-refractivity contribution in [2.75, 3.05) is 11.9 Å². The first-order chi connectivity index (χ1) is 12.3. The maximum Gasteiger partial charge on any atom is 0.343 e. The Morgan fingerprint density at radius 3 is 2.69 bits per heavy atom. The van der Waals surface area contributed by atoms with Gasteiger partial charge in [-0.15, -0.1) is 0 Å². The first-order valence-electron chi connectivity index (χ1n) is 8.40. The number of ether oxygens (including phenoxy) is 1. The van der Waals surface area contributed by atoms with Crippen LogP contribution in [-0.4, -0.2) is 25.6 Å². The molecule has 136 valence electrons. The molecule has 1 N–H and O–H groups in total. The first kappa shape index (κ1) is 18.1. The maximum absolute atomic E-state index is 14.5. The summed E-state index contributed by atoms with van der Waals surface area (Å²) >= 11 is 0. The molecule has 7 heteroatoms. The lowest BCUT2D eigenvalue weighted by Crippen LogP contribution is -2.37. The number of aromatic nitrogens is 1. The van der Waals surface area contributed by atoms with Crippen LogP contribution >= 0.6 is 0 Å². The summed E-state index contributed by atoms with van der Waals surface area (Å²) in [6.07, 6.45) is 4.41. The van der Waals surface area contributed by atoms with Crippen LogP contribution in [0, 0.1) is 5.82 Å². The molecular formula is C19H21FN2O3Si. The van der Waals surface area contributed by atoms with Crippen molar-refractivity contribution >= 4 is 41.6 Å². The fraction of sp³-hybridized carbons (Fsp3) is 0.263. The number of halogens is 1. The van der Waals surface area contributed by atoms with Crippen molar-refractivity contribution in [3.8, 4) is 0 Å². The quantitative estimate of drug-likeness (QED) is 0.530. The van der Waals surface area contributed by atoms with Gasteiger partial charge < -0.3 is 14.5 Å². The Kier molecular flexibility index (Phi) is 4.82. The zero-order chi connectivity index (χ0) is 18.9. The van der Waals surface area contributed by atoms with Crippen molar-refractivity contribution in [3.05, 3.63) is 48.2 Å². The SMILES string of the molecule is CCOC(=O)c1cncc2c(Nc3ccc([Si](C)(C)C)cc3F)coc12. The van der Waals surface area contributed by atoms with Crippen molar-refractivity contribution < 1.29 is 18.3 Å². The summed E-state index contributed by atoms with van der Waals surface area (Å²) in [6.45, 7) is 8.49. The monoisotopic (exact) mass is 372 g/mol. The molecule has 0 amide bonds. The largest absolute Gasteiger partial charge is 0.462 e. The van der Waals surface area contributed by atoms with Crippen molar-refractivity contribution in [1.29, 1.82) is 0 Å². The summed E-state index contributed by atoms with van der Waals surface area (Å²) in [4.78, 5) is 16.1. The standard InChI is InChI=1S/C19H21FN2O3Si/c1-5-24-19(23)14-10-21-9-13-17(11-25-18(13)14)22-16-7-6-12(8-15(16)20)26(2,3)4/h6-11,22H,5H2,1-4H3. The van der Waals surface area contributed by atoms with Gasteiger partial charge in [0, 0.05) is 12.4 Å². The number of carbonyl (C=O) groups is 1. The van der Waals surface area contributed by atoms with Gasteiger partial charge in [0.15, 0.2) is 5.58 Å². The first-order valence-corrected chi connectivity index (χ1v) is 11.9. The molecule has 0 radical (unpaired) electrons. The second kappa shape index (κ2) is 6.91. The van der Waals surface area contributed by atoms with Gasteiger partial charge in [-0.3, -0.25) is 4.98 Å². The van der Waals surface area contributed by atoms with Crippen LogP contribution in [0.2, 0.25) is 19.6 Å². The lowest BCUT2D eigenvalue weighted by molar-refractivity contribution is 0.0527. The van der Waals surface area contributed by atoms with E-state index < -0.39 is 14.0 Å². The lowest BCUT2D eigenvalue weighted by atomic mass is 10.2. The number of hydrogen-bond donors (Lipinski definition) is 1. The van der Waals surface area contributed by atoms with E-state index in [0.29, 0.717) is 22.3 Å².